The molecule has 0 bridgehead atoms. The summed E-state index contributed by atoms with van der Waals surface area (Å²) in [6.07, 6.45) is -5.07. The van der Waals surface area contributed by atoms with Crippen LogP contribution in [0, 0.1) is 5.92 Å². The Morgan fingerprint density at radius 3 is 2.25 bits per heavy atom. The van der Waals surface area contributed by atoms with Gasteiger partial charge >= 0.3 is 12.1 Å². The predicted molar refractivity (Wildman–Crippen MR) is 50.7 cm³/mol. The van der Waals surface area contributed by atoms with E-state index in [0.29, 0.717) is 0 Å². The lowest BCUT2D eigenvalue weighted by atomic mass is 10.0. The van der Waals surface area contributed by atoms with Gasteiger partial charge in [0.25, 0.3) is 5.60 Å². The number of nitrogens with one attached hydrogen (secondary N) is 1. The molecular formula is C9H16F3NO3. The highest BCUT2D eigenvalue weighted by atomic mass is 19.4. The van der Waals surface area contributed by atoms with Crippen LogP contribution in [0.2, 0.25) is 0 Å². The number of methoxy groups -OCH3 is 1. The highest BCUT2D eigenvalue weighted by Gasteiger charge is 2.60. The Balaban J connectivity index is 4.63. The first kappa shape index (κ1) is 15.2. The molecule has 0 radical (unpaired) electrons. The Hall–Kier alpha value is -0.820. The Bertz CT molecular complexity index is 243. The number of alkyl halides is 3. The van der Waals surface area contributed by atoms with E-state index < -0.39 is 24.3 Å². The van der Waals surface area contributed by atoms with Crippen molar-refractivity contribution in [3.8, 4) is 0 Å². The van der Waals surface area contributed by atoms with E-state index in [1.807, 2.05) is 0 Å². The first-order valence-electron chi connectivity index (χ1n) is 4.73. The maximum atomic E-state index is 12.5. The predicted octanol–water partition coefficient (Wildman–Crippen LogP) is 0.698. The molecule has 0 saturated heterocycles. The maximum absolute atomic E-state index is 12.5. The van der Waals surface area contributed by atoms with Crippen LogP contribution in [0.5, 0.6) is 0 Å². The van der Waals surface area contributed by atoms with Crippen molar-refractivity contribution in [2.75, 3.05) is 20.2 Å². The average molecular weight is 243 g/mol. The van der Waals surface area contributed by atoms with Crippen LogP contribution in [-0.2, 0) is 9.53 Å². The summed E-state index contributed by atoms with van der Waals surface area (Å²) in [6.45, 7) is 2.92. The molecule has 0 aromatic heterocycles. The molecule has 96 valence electrons. The van der Waals surface area contributed by atoms with Crippen LogP contribution < -0.4 is 5.32 Å². The minimum absolute atomic E-state index is 0.107. The molecule has 0 aliphatic rings. The molecule has 0 rings (SSSR count). The second-order valence-corrected chi connectivity index (χ2v) is 3.87. The van der Waals surface area contributed by atoms with Crippen molar-refractivity contribution in [3.63, 3.8) is 0 Å². The van der Waals surface area contributed by atoms with Gasteiger partial charge in [-0.25, -0.2) is 4.79 Å². The van der Waals surface area contributed by atoms with Crippen molar-refractivity contribution < 1.29 is 27.8 Å². The third-order valence-electron chi connectivity index (χ3n) is 1.93. The number of ether oxygens (including phenoxy) is 1. The highest BCUT2D eigenvalue weighted by Crippen LogP contribution is 2.30. The van der Waals surface area contributed by atoms with Gasteiger partial charge in [-0.3, -0.25) is 0 Å². The van der Waals surface area contributed by atoms with E-state index in [1.54, 1.807) is 13.8 Å². The zero-order chi connectivity index (χ0) is 13.0. The first-order chi connectivity index (χ1) is 7.15. The molecule has 0 heterocycles. The Kier molecular flexibility index (Phi) is 5.21. The third kappa shape index (κ3) is 3.64. The summed E-state index contributed by atoms with van der Waals surface area (Å²) in [4.78, 5) is 10.9. The normalized spacial score (nSPS) is 16.0. The fourth-order valence-corrected chi connectivity index (χ4v) is 0.999. The number of carbonyl (C=O) groups excluding carboxylic acids is 1. The van der Waals surface area contributed by atoms with Gasteiger partial charge in [0.15, 0.2) is 0 Å². The number of esters is 1. The van der Waals surface area contributed by atoms with Crippen molar-refractivity contribution in [3.05, 3.63) is 0 Å². The summed E-state index contributed by atoms with van der Waals surface area (Å²) in [7, 11) is 0.793. The van der Waals surface area contributed by atoms with Crippen LogP contribution in [0.1, 0.15) is 13.8 Å². The topological polar surface area (TPSA) is 58.6 Å². The third-order valence-corrected chi connectivity index (χ3v) is 1.93. The molecule has 0 saturated carbocycles. The number of halogens is 3. The van der Waals surface area contributed by atoms with Gasteiger partial charge in [-0.1, -0.05) is 13.8 Å². The van der Waals surface area contributed by atoms with Gasteiger partial charge in [0.1, 0.15) is 0 Å². The van der Waals surface area contributed by atoms with Crippen LogP contribution in [-0.4, -0.2) is 43.1 Å². The molecule has 16 heavy (non-hydrogen) atoms. The van der Waals surface area contributed by atoms with E-state index in [4.69, 9.17) is 0 Å². The van der Waals surface area contributed by atoms with Crippen LogP contribution >= 0.6 is 0 Å². The number of aliphatic hydroxyl groups is 1. The Labute approximate surface area is 91.8 Å². The molecule has 0 aromatic carbocycles. The van der Waals surface area contributed by atoms with Crippen molar-refractivity contribution in [2.24, 2.45) is 5.92 Å². The van der Waals surface area contributed by atoms with Crippen LogP contribution in [0.3, 0.4) is 0 Å². The summed E-state index contributed by atoms with van der Waals surface area (Å²) in [6, 6.07) is 0. The summed E-state index contributed by atoms with van der Waals surface area (Å²) < 4.78 is 41.4. The van der Waals surface area contributed by atoms with Gasteiger partial charge in [-0.2, -0.15) is 13.2 Å². The largest absolute Gasteiger partial charge is 0.467 e. The lowest BCUT2D eigenvalue weighted by molar-refractivity contribution is -0.259. The van der Waals surface area contributed by atoms with Gasteiger partial charge in [-0.15, -0.1) is 0 Å². The van der Waals surface area contributed by atoms with Crippen molar-refractivity contribution in [1.82, 2.24) is 5.32 Å². The molecule has 0 aliphatic heterocycles. The second-order valence-electron chi connectivity index (χ2n) is 3.87. The van der Waals surface area contributed by atoms with Gasteiger partial charge in [0.05, 0.1) is 7.11 Å². The van der Waals surface area contributed by atoms with Crippen molar-refractivity contribution in [2.45, 2.75) is 25.6 Å². The minimum atomic E-state index is -5.07. The summed E-state index contributed by atoms with van der Waals surface area (Å²) >= 11 is 0. The molecule has 0 amide bonds. The zero-order valence-electron chi connectivity index (χ0n) is 9.39. The van der Waals surface area contributed by atoms with Crippen LogP contribution in [0.25, 0.3) is 0 Å². The maximum Gasteiger partial charge on any atom is 0.429 e. The van der Waals surface area contributed by atoms with Gasteiger partial charge in [-0.05, 0) is 12.5 Å². The van der Waals surface area contributed by atoms with E-state index in [9.17, 15) is 23.1 Å². The van der Waals surface area contributed by atoms with Crippen molar-refractivity contribution in [1.29, 1.82) is 0 Å². The van der Waals surface area contributed by atoms with E-state index in [0.717, 1.165) is 7.11 Å². The monoisotopic (exact) mass is 243 g/mol. The fourth-order valence-electron chi connectivity index (χ4n) is 0.999. The van der Waals surface area contributed by atoms with E-state index in [2.05, 4.69) is 10.1 Å². The number of hydrogen-bond donors (Lipinski definition) is 2. The zero-order valence-corrected chi connectivity index (χ0v) is 9.39. The highest BCUT2D eigenvalue weighted by molar-refractivity contribution is 5.80. The molecule has 4 nitrogen and oxygen atoms in total. The molecule has 1 unspecified atom stereocenters. The summed E-state index contributed by atoms with van der Waals surface area (Å²) in [5, 5.41) is 11.6. The van der Waals surface area contributed by atoms with Crippen LogP contribution in [0.15, 0.2) is 0 Å². The van der Waals surface area contributed by atoms with Gasteiger partial charge in [0.2, 0.25) is 0 Å². The van der Waals surface area contributed by atoms with Gasteiger partial charge < -0.3 is 15.2 Å². The Morgan fingerprint density at radius 2 is 1.94 bits per heavy atom. The molecular weight excluding hydrogens is 227 g/mol. The Morgan fingerprint density at radius 1 is 1.44 bits per heavy atom. The number of hydrogen-bond acceptors (Lipinski definition) is 4. The lowest BCUT2D eigenvalue weighted by Gasteiger charge is -2.28. The molecule has 0 fully saturated rings. The van der Waals surface area contributed by atoms with E-state index in [1.165, 1.54) is 0 Å². The quantitative estimate of drug-likeness (QED) is 0.698. The fraction of sp³-hybridized carbons (Fsp3) is 0.889. The van der Waals surface area contributed by atoms with E-state index in [-0.39, 0.29) is 12.5 Å². The van der Waals surface area contributed by atoms with Gasteiger partial charge in [0, 0.05) is 6.54 Å². The molecule has 2 N–H and O–H groups in total. The minimum Gasteiger partial charge on any atom is -0.467 e. The molecule has 0 aliphatic carbocycles. The standard InChI is InChI=1S/C9H16F3NO3/c1-6(2)4-13-5-8(15,7(14)16-3)9(10,11)12/h6,13,15H,4-5H2,1-3H3. The number of carbonyl (C=O) groups is 1. The average Bonchev–Trinajstić information content (AvgIpc) is 2.13. The summed E-state index contributed by atoms with van der Waals surface area (Å²) in [5.41, 5.74) is -3.49. The smallest absolute Gasteiger partial charge is 0.429 e. The molecule has 0 spiro atoms. The van der Waals surface area contributed by atoms with E-state index >= 15 is 0 Å². The van der Waals surface area contributed by atoms with Crippen molar-refractivity contribution >= 4 is 5.97 Å². The molecule has 1 atom stereocenters. The second kappa shape index (κ2) is 5.49. The number of rotatable bonds is 5. The lowest BCUT2D eigenvalue weighted by Crippen LogP contribution is -2.59. The van der Waals surface area contributed by atoms with Crippen LogP contribution in [0.4, 0.5) is 13.2 Å². The molecule has 0 aromatic rings. The molecule has 7 heteroatoms. The first-order valence-corrected chi connectivity index (χ1v) is 4.73. The summed E-state index contributed by atoms with van der Waals surface area (Å²) in [5.74, 6) is -1.61. The SMILES string of the molecule is COC(=O)C(O)(CNCC(C)C)C(F)(F)F.